The number of anilines is 1. The van der Waals surface area contributed by atoms with E-state index >= 15 is 0 Å². The van der Waals surface area contributed by atoms with Gasteiger partial charge in [-0.3, -0.25) is 4.79 Å². The maximum Gasteiger partial charge on any atom is 0.307 e. The molecule has 2 rings (SSSR count). The molecule has 2 aromatic carbocycles. The zero-order valence-electron chi connectivity index (χ0n) is 11.1. The summed E-state index contributed by atoms with van der Waals surface area (Å²) in [6, 6.07) is 15.7. The molecule has 0 bridgehead atoms. The van der Waals surface area contributed by atoms with Gasteiger partial charge >= 0.3 is 5.97 Å². The average molecular weight is 255 g/mol. The number of benzene rings is 2. The topological polar surface area (TPSA) is 40.5 Å². The van der Waals surface area contributed by atoms with Crippen molar-refractivity contribution in [1.82, 2.24) is 0 Å². The molecule has 0 heterocycles. The van der Waals surface area contributed by atoms with E-state index in [0.29, 0.717) is 0 Å². The molecule has 0 saturated carbocycles. The zero-order chi connectivity index (χ0) is 13.8. The monoisotopic (exact) mass is 255 g/mol. The summed E-state index contributed by atoms with van der Waals surface area (Å²) >= 11 is 0. The molecule has 0 spiro atoms. The van der Waals surface area contributed by atoms with Crippen molar-refractivity contribution < 1.29 is 9.90 Å². The van der Waals surface area contributed by atoms with Gasteiger partial charge in [-0.25, -0.2) is 0 Å². The molecule has 0 aliphatic carbocycles. The maximum atomic E-state index is 10.9. The molecule has 3 nitrogen and oxygen atoms in total. The van der Waals surface area contributed by atoms with E-state index in [9.17, 15) is 4.79 Å². The summed E-state index contributed by atoms with van der Waals surface area (Å²) in [5.74, 6) is -0.808. The van der Waals surface area contributed by atoms with Gasteiger partial charge in [-0.05, 0) is 28.8 Å². The van der Waals surface area contributed by atoms with E-state index in [1.54, 1.807) is 0 Å². The standard InChI is InChI=1S/C16H17NO2/c1-17(2)14-9-7-12(8-10-14)15-6-4-3-5-13(15)11-16(18)19/h3-10H,11H2,1-2H3,(H,18,19). The lowest BCUT2D eigenvalue weighted by Gasteiger charge is -2.13. The number of rotatable bonds is 4. The second-order valence-corrected chi connectivity index (χ2v) is 4.67. The summed E-state index contributed by atoms with van der Waals surface area (Å²) in [7, 11) is 3.99. The minimum absolute atomic E-state index is 0.0472. The van der Waals surface area contributed by atoms with Crippen molar-refractivity contribution >= 4 is 11.7 Å². The molecule has 0 unspecified atom stereocenters. The number of aliphatic carboxylic acids is 1. The van der Waals surface area contributed by atoms with E-state index in [0.717, 1.165) is 22.4 Å². The second kappa shape index (κ2) is 5.57. The zero-order valence-corrected chi connectivity index (χ0v) is 11.1. The first-order chi connectivity index (χ1) is 9.08. The van der Waals surface area contributed by atoms with Crippen molar-refractivity contribution in [2.24, 2.45) is 0 Å². The first kappa shape index (κ1) is 13.1. The second-order valence-electron chi connectivity index (χ2n) is 4.67. The summed E-state index contributed by atoms with van der Waals surface area (Å²) < 4.78 is 0. The molecule has 0 aliphatic heterocycles. The van der Waals surface area contributed by atoms with Crippen molar-refractivity contribution in [3.8, 4) is 11.1 Å². The van der Waals surface area contributed by atoms with Crippen LogP contribution in [0, 0.1) is 0 Å². The highest BCUT2D eigenvalue weighted by molar-refractivity contribution is 5.77. The van der Waals surface area contributed by atoms with E-state index in [2.05, 4.69) is 0 Å². The molecule has 0 atom stereocenters. The largest absolute Gasteiger partial charge is 0.481 e. The predicted octanol–water partition coefficient (Wildman–Crippen LogP) is 3.05. The van der Waals surface area contributed by atoms with Crippen LogP contribution < -0.4 is 4.90 Å². The van der Waals surface area contributed by atoms with E-state index in [4.69, 9.17) is 5.11 Å². The number of carboxylic acid groups (broad SMARTS) is 1. The van der Waals surface area contributed by atoms with Crippen molar-refractivity contribution in [2.45, 2.75) is 6.42 Å². The summed E-state index contributed by atoms with van der Waals surface area (Å²) in [6.07, 6.45) is 0.0472. The number of carbonyl (C=O) groups is 1. The fourth-order valence-corrected chi connectivity index (χ4v) is 2.06. The van der Waals surface area contributed by atoms with Gasteiger partial charge < -0.3 is 10.0 Å². The highest BCUT2D eigenvalue weighted by Gasteiger charge is 2.08. The van der Waals surface area contributed by atoms with E-state index in [1.807, 2.05) is 67.5 Å². The quantitative estimate of drug-likeness (QED) is 0.912. The number of hydrogen-bond donors (Lipinski definition) is 1. The third-order valence-corrected chi connectivity index (χ3v) is 3.05. The molecule has 0 aliphatic rings. The van der Waals surface area contributed by atoms with Crippen molar-refractivity contribution in [3.63, 3.8) is 0 Å². The molecule has 0 aromatic heterocycles. The first-order valence-electron chi connectivity index (χ1n) is 6.15. The predicted molar refractivity (Wildman–Crippen MR) is 77.5 cm³/mol. The van der Waals surface area contributed by atoms with Gasteiger partial charge in [-0.2, -0.15) is 0 Å². The third kappa shape index (κ3) is 3.13. The Morgan fingerprint density at radius 3 is 2.26 bits per heavy atom. The maximum absolute atomic E-state index is 10.9. The van der Waals surface area contributed by atoms with Crippen LogP contribution >= 0.6 is 0 Å². The molecule has 0 amide bonds. The van der Waals surface area contributed by atoms with E-state index in [-0.39, 0.29) is 6.42 Å². The molecule has 0 radical (unpaired) electrons. The van der Waals surface area contributed by atoms with Crippen LogP contribution in [-0.2, 0) is 11.2 Å². The van der Waals surface area contributed by atoms with Gasteiger partial charge in [0.2, 0.25) is 0 Å². The van der Waals surface area contributed by atoms with E-state index in [1.165, 1.54) is 0 Å². The Balaban J connectivity index is 2.38. The SMILES string of the molecule is CN(C)c1ccc(-c2ccccc2CC(=O)O)cc1. The molecular formula is C16H17NO2. The van der Waals surface area contributed by atoms with Crippen LogP contribution in [0.5, 0.6) is 0 Å². The van der Waals surface area contributed by atoms with Crippen LogP contribution in [0.25, 0.3) is 11.1 Å². The van der Waals surface area contributed by atoms with Gasteiger partial charge in [0.25, 0.3) is 0 Å². The van der Waals surface area contributed by atoms with Crippen molar-refractivity contribution in [1.29, 1.82) is 0 Å². The molecule has 0 fully saturated rings. The number of hydrogen-bond acceptors (Lipinski definition) is 2. The first-order valence-corrected chi connectivity index (χ1v) is 6.15. The van der Waals surface area contributed by atoms with Crippen LogP contribution in [0.3, 0.4) is 0 Å². The molecule has 0 saturated heterocycles. The van der Waals surface area contributed by atoms with Crippen LogP contribution in [0.15, 0.2) is 48.5 Å². The Labute approximate surface area is 113 Å². The Morgan fingerprint density at radius 1 is 1.05 bits per heavy atom. The van der Waals surface area contributed by atoms with Gasteiger partial charge in [0.05, 0.1) is 6.42 Å². The van der Waals surface area contributed by atoms with Gasteiger partial charge in [0, 0.05) is 19.8 Å². The lowest BCUT2D eigenvalue weighted by molar-refractivity contribution is -0.136. The lowest BCUT2D eigenvalue weighted by atomic mass is 9.97. The van der Waals surface area contributed by atoms with Crippen LogP contribution in [0.1, 0.15) is 5.56 Å². The Bertz CT molecular complexity index is 574. The summed E-state index contributed by atoms with van der Waals surface area (Å²) in [6.45, 7) is 0. The smallest absolute Gasteiger partial charge is 0.307 e. The lowest BCUT2D eigenvalue weighted by Crippen LogP contribution is -2.08. The van der Waals surface area contributed by atoms with Gasteiger partial charge in [-0.15, -0.1) is 0 Å². The third-order valence-electron chi connectivity index (χ3n) is 3.05. The average Bonchev–Trinajstić information content (AvgIpc) is 2.39. The minimum atomic E-state index is -0.808. The fourth-order valence-electron chi connectivity index (χ4n) is 2.06. The Hall–Kier alpha value is -2.29. The number of nitrogens with zero attached hydrogens (tertiary/aromatic N) is 1. The molecule has 2 aromatic rings. The molecular weight excluding hydrogens is 238 g/mol. The van der Waals surface area contributed by atoms with Crippen LogP contribution in [0.4, 0.5) is 5.69 Å². The highest BCUT2D eigenvalue weighted by atomic mass is 16.4. The highest BCUT2D eigenvalue weighted by Crippen LogP contribution is 2.26. The molecule has 19 heavy (non-hydrogen) atoms. The molecule has 3 heteroatoms. The minimum Gasteiger partial charge on any atom is -0.481 e. The van der Waals surface area contributed by atoms with Crippen molar-refractivity contribution in [2.75, 3.05) is 19.0 Å². The fraction of sp³-hybridized carbons (Fsp3) is 0.188. The summed E-state index contributed by atoms with van der Waals surface area (Å²) in [5, 5.41) is 8.95. The Kier molecular flexibility index (Phi) is 3.85. The van der Waals surface area contributed by atoms with Gasteiger partial charge in [-0.1, -0.05) is 36.4 Å². The Morgan fingerprint density at radius 2 is 1.68 bits per heavy atom. The normalized spacial score (nSPS) is 10.2. The van der Waals surface area contributed by atoms with Gasteiger partial charge in [0.15, 0.2) is 0 Å². The van der Waals surface area contributed by atoms with Crippen molar-refractivity contribution in [3.05, 3.63) is 54.1 Å². The molecule has 1 N–H and O–H groups in total. The van der Waals surface area contributed by atoms with E-state index < -0.39 is 5.97 Å². The van der Waals surface area contributed by atoms with Crippen LogP contribution in [0.2, 0.25) is 0 Å². The van der Waals surface area contributed by atoms with Crippen LogP contribution in [-0.4, -0.2) is 25.2 Å². The van der Waals surface area contributed by atoms with Gasteiger partial charge in [0.1, 0.15) is 0 Å². The number of carboxylic acids is 1. The molecule has 98 valence electrons. The summed E-state index contributed by atoms with van der Waals surface area (Å²) in [5.41, 5.74) is 3.99. The summed E-state index contributed by atoms with van der Waals surface area (Å²) in [4.78, 5) is 12.9.